The number of hydrogen-bond acceptors (Lipinski definition) is 3. The monoisotopic (exact) mass is 188 g/mol. The second kappa shape index (κ2) is 6.06. The van der Waals surface area contributed by atoms with E-state index in [9.17, 15) is 4.79 Å². The standard InChI is InChI=1S/C6H10N2OS.C2H6/c1-2-3-4-5(9)8-6(7)10-4;1-2/h4H,2-3H2,1H3,(H2,7,8,9);1-2H3. The minimum Gasteiger partial charge on any atom is -0.305 e. The molecule has 4 heteroatoms. The molecule has 1 unspecified atom stereocenters. The molecule has 1 saturated heterocycles. The number of carbonyl (C=O) groups is 1. The number of carbonyl (C=O) groups excluding carboxylic acids is 1. The van der Waals surface area contributed by atoms with E-state index in [1.165, 1.54) is 11.8 Å². The van der Waals surface area contributed by atoms with E-state index in [0.717, 1.165) is 12.8 Å². The van der Waals surface area contributed by atoms with Crippen LogP contribution in [0.15, 0.2) is 0 Å². The van der Waals surface area contributed by atoms with E-state index in [1.54, 1.807) is 0 Å². The first-order chi connectivity index (χ1) is 5.74. The normalized spacial score (nSPS) is 21.4. The summed E-state index contributed by atoms with van der Waals surface area (Å²) in [5.74, 6) is -0.00292. The first kappa shape index (κ1) is 11.5. The third-order valence-electron chi connectivity index (χ3n) is 1.34. The van der Waals surface area contributed by atoms with Crippen molar-refractivity contribution in [3.05, 3.63) is 0 Å². The van der Waals surface area contributed by atoms with Crippen molar-refractivity contribution in [2.75, 3.05) is 0 Å². The number of hydrogen-bond donors (Lipinski definition) is 2. The van der Waals surface area contributed by atoms with Crippen molar-refractivity contribution in [1.82, 2.24) is 5.32 Å². The maximum Gasteiger partial charge on any atom is 0.239 e. The Kier molecular flexibility index (Phi) is 5.80. The van der Waals surface area contributed by atoms with E-state index >= 15 is 0 Å². The van der Waals surface area contributed by atoms with E-state index in [2.05, 4.69) is 5.32 Å². The lowest BCUT2D eigenvalue weighted by Crippen LogP contribution is -2.24. The molecule has 1 fully saturated rings. The first-order valence-electron chi connectivity index (χ1n) is 4.30. The molecule has 0 saturated carbocycles. The van der Waals surface area contributed by atoms with Crippen LogP contribution >= 0.6 is 11.8 Å². The fourth-order valence-electron chi connectivity index (χ4n) is 0.870. The number of amides is 1. The van der Waals surface area contributed by atoms with Gasteiger partial charge in [0.2, 0.25) is 5.91 Å². The van der Waals surface area contributed by atoms with Gasteiger partial charge in [-0.05, 0) is 6.42 Å². The smallest absolute Gasteiger partial charge is 0.239 e. The van der Waals surface area contributed by atoms with Crippen LogP contribution in [-0.2, 0) is 4.79 Å². The fraction of sp³-hybridized carbons (Fsp3) is 0.750. The van der Waals surface area contributed by atoms with Crippen LogP contribution in [0.1, 0.15) is 33.6 Å². The van der Waals surface area contributed by atoms with Gasteiger partial charge >= 0.3 is 0 Å². The summed E-state index contributed by atoms with van der Waals surface area (Å²) in [6, 6.07) is 0. The lowest BCUT2D eigenvalue weighted by molar-refractivity contribution is -0.118. The predicted molar refractivity (Wildman–Crippen MR) is 53.5 cm³/mol. The number of thioether (sulfide) groups is 1. The van der Waals surface area contributed by atoms with Gasteiger partial charge in [0.25, 0.3) is 0 Å². The van der Waals surface area contributed by atoms with Gasteiger partial charge in [-0.15, -0.1) is 0 Å². The SMILES string of the molecule is CC.CCCC1SC(=N)NC1=O. The van der Waals surface area contributed by atoms with Crippen LogP contribution in [0, 0.1) is 5.41 Å². The highest BCUT2D eigenvalue weighted by Gasteiger charge is 2.27. The largest absolute Gasteiger partial charge is 0.305 e. The zero-order chi connectivity index (χ0) is 9.56. The minimum absolute atomic E-state index is 0.00231. The quantitative estimate of drug-likeness (QED) is 0.696. The second-order valence-electron chi connectivity index (χ2n) is 2.21. The summed E-state index contributed by atoms with van der Waals surface area (Å²) in [6.07, 6.45) is 1.87. The third kappa shape index (κ3) is 3.26. The maximum atomic E-state index is 10.9. The molecule has 70 valence electrons. The molecular weight excluding hydrogens is 172 g/mol. The minimum atomic E-state index is -0.00292. The first-order valence-corrected chi connectivity index (χ1v) is 5.18. The highest BCUT2D eigenvalue weighted by Crippen LogP contribution is 2.21. The molecule has 1 heterocycles. The molecule has 1 amide bonds. The molecule has 2 N–H and O–H groups in total. The Morgan fingerprint density at radius 3 is 2.50 bits per heavy atom. The summed E-state index contributed by atoms with van der Waals surface area (Å²) in [4.78, 5) is 10.9. The topological polar surface area (TPSA) is 53.0 Å². The Balaban J connectivity index is 0.000000561. The van der Waals surface area contributed by atoms with E-state index in [-0.39, 0.29) is 11.2 Å². The predicted octanol–water partition coefficient (Wildman–Crippen LogP) is 1.98. The molecule has 0 aromatic rings. The Morgan fingerprint density at radius 2 is 2.17 bits per heavy atom. The highest BCUT2D eigenvalue weighted by molar-refractivity contribution is 8.15. The lowest BCUT2D eigenvalue weighted by Gasteiger charge is -1.99. The number of nitrogens with one attached hydrogen (secondary N) is 2. The van der Waals surface area contributed by atoms with Gasteiger partial charge in [-0.2, -0.15) is 0 Å². The molecule has 1 rings (SSSR count). The van der Waals surface area contributed by atoms with Gasteiger partial charge in [0, 0.05) is 0 Å². The van der Waals surface area contributed by atoms with Gasteiger partial charge in [-0.25, -0.2) is 0 Å². The van der Waals surface area contributed by atoms with Crippen LogP contribution in [0.5, 0.6) is 0 Å². The van der Waals surface area contributed by atoms with Gasteiger partial charge in [0.15, 0.2) is 5.17 Å². The van der Waals surface area contributed by atoms with Gasteiger partial charge in [-0.3, -0.25) is 10.2 Å². The Morgan fingerprint density at radius 1 is 1.58 bits per heavy atom. The average Bonchev–Trinajstić information content (AvgIpc) is 2.35. The van der Waals surface area contributed by atoms with E-state index in [4.69, 9.17) is 5.41 Å². The van der Waals surface area contributed by atoms with Gasteiger partial charge in [0.1, 0.15) is 0 Å². The van der Waals surface area contributed by atoms with Crippen molar-refractivity contribution in [3.8, 4) is 0 Å². The molecule has 3 nitrogen and oxygen atoms in total. The zero-order valence-electron chi connectivity index (χ0n) is 7.81. The molecule has 0 spiro atoms. The number of amidine groups is 1. The van der Waals surface area contributed by atoms with Crippen molar-refractivity contribution in [3.63, 3.8) is 0 Å². The molecule has 12 heavy (non-hydrogen) atoms. The number of rotatable bonds is 2. The maximum absolute atomic E-state index is 10.9. The summed E-state index contributed by atoms with van der Waals surface area (Å²) in [6.45, 7) is 6.04. The Labute approximate surface area is 77.8 Å². The Bertz CT molecular complexity index is 170. The van der Waals surface area contributed by atoms with Crippen molar-refractivity contribution < 1.29 is 4.79 Å². The molecule has 0 aromatic heterocycles. The molecular formula is C8H16N2OS. The van der Waals surface area contributed by atoms with E-state index in [0.29, 0.717) is 5.17 Å². The van der Waals surface area contributed by atoms with Crippen molar-refractivity contribution in [2.45, 2.75) is 38.9 Å². The Hall–Kier alpha value is -0.510. The average molecular weight is 188 g/mol. The summed E-state index contributed by atoms with van der Waals surface area (Å²) < 4.78 is 0. The van der Waals surface area contributed by atoms with Crippen LogP contribution in [0.4, 0.5) is 0 Å². The molecule has 1 aliphatic heterocycles. The summed E-state index contributed by atoms with van der Waals surface area (Å²) >= 11 is 1.32. The van der Waals surface area contributed by atoms with E-state index < -0.39 is 0 Å². The van der Waals surface area contributed by atoms with Gasteiger partial charge in [-0.1, -0.05) is 39.0 Å². The van der Waals surface area contributed by atoms with Crippen molar-refractivity contribution in [2.24, 2.45) is 0 Å². The lowest BCUT2D eigenvalue weighted by atomic mass is 10.2. The molecule has 0 bridgehead atoms. The van der Waals surface area contributed by atoms with Crippen molar-refractivity contribution in [1.29, 1.82) is 5.41 Å². The zero-order valence-corrected chi connectivity index (χ0v) is 8.62. The fourth-order valence-corrected chi connectivity index (χ4v) is 1.83. The molecule has 0 aliphatic carbocycles. The molecule has 0 aromatic carbocycles. The van der Waals surface area contributed by atoms with Gasteiger partial charge < -0.3 is 5.32 Å². The van der Waals surface area contributed by atoms with Crippen LogP contribution in [0.2, 0.25) is 0 Å². The van der Waals surface area contributed by atoms with E-state index in [1.807, 2.05) is 20.8 Å². The molecule has 1 atom stereocenters. The molecule has 1 aliphatic rings. The van der Waals surface area contributed by atoms with Crippen molar-refractivity contribution >= 4 is 22.8 Å². The van der Waals surface area contributed by atoms with Crippen LogP contribution in [0.25, 0.3) is 0 Å². The van der Waals surface area contributed by atoms with Crippen LogP contribution < -0.4 is 5.32 Å². The summed E-state index contributed by atoms with van der Waals surface area (Å²) in [5, 5.41) is 9.87. The van der Waals surface area contributed by atoms with Crippen LogP contribution in [0.3, 0.4) is 0 Å². The highest BCUT2D eigenvalue weighted by atomic mass is 32.2. The van der Waals surface area contributed by atoms with Crippen LogP contribution in [-0.4, -0.2) is 16.3 Å². The summed E-state index contributed by atoms with van der Waals surface area (Å²) in [7, 11) is 0. The summed E-state index contributed by atoms with van der Waals surface area (Å²) in [5.41, 5.74) is 0. The third-order valence-corrected chi connectivity index (χ3v) is 2.41. The molecule has 0 radical (unpaired) electrons. The second-order valence-corrected chi connectivity index (χ2v) is 3.43. The van der Waals surface area contributed by atoms with Gasteiger partial charge in [0.05, 0.1) is 5.25 Å².